The summed E-state index contributed by atoms with van der Waals surface area (Å²) >= 11 is 0. The highest BCUT2D eigenvalue weighted by Crippen LogP contribution is 2.27. The van der Waals surface area contributed by atoms with Crippen LogP contribution in [0.15, 0.2) is 46.2 Å². The van der Waals surface area contributed by atoms with Gasteiger partial charge in [0.05, 0.1) is 16.9 Å². The minimum absolute atomic E-state index is 0.131. The molecular weight excluding hydrogens is 536 g/mol. The Kier molecular flexibility index (Phi) is 10.1. The zero-order valence-corrected chi connectivity index (χ0v) is 22.8. The summed E-state index contributed by atoms with van der Waals surface area (Å²) in [5, 5.41) is 16.6. The number of carbonyl (C=O) groups is 4. The Morgan fingerprint density at radius 3 is 2.61 bits per heavy atom. The van der Waals surface area contributed by atoms with Crippen LogP contribution < -0.4 is 21.3 Å². The number of carbonyl (C=O) groups excluding carboxylic acids is 4. The number of aliphatic imine (C=N–C) groups is 1. The molecule has 3 rings (SSSR count). The molecule has 2 heterocycles. The molecule has 0 aliphatic carbocycles. The van der Waals surface area contributed by atoms with Gasteiger partial charge in [0.25, 0.3) is 11.8 Å². The molecule has 41 heavy (non-hydrogen) atoms. The van der Waals surface area contributed by atoms with E-state index in [-0.39, 0.29) is 40.1 Å². The van der Waals surface area contributed by atoms with Crippen LogP contribution in [0.5, 0.6) is 0 Å². The lowest BCUT2D eigenvalue weighted by Gasteiger charge is -2.25. The van der Waals surface area contributed by atoms with Crippen molar-refractivity contribution in [2.75, 3.05) is 23.6 Å². The maximum absolute atomic E-state index is 13.5. The highest BCUT2D eigenvalue weighted by Gasteiger charge is 2.30. The van der Waals surface area contributed by atoms with Crippen LogP contribution in [-0.2, 0) is 14.3 Å². The standard InChI is InChI=1S/C26H30N8O7/c1-5-29-24(36)18-11-30-21(15(18)3)22(31-12-27)34(26(38)40-13-39-25(37)16(4)28)19-10-17(7-6-14(19)2)23(35)32-20-8-9-41-33-20/h6-12,16,27,30H,5,13,28H2,1-4H3,(H,29,36)(H,32,33,35). The lowest BCUT2D eigenvalue weighted by atomic mass is 10.1. The Bertz CT molecular complexity index is 1460. The maximum Gasteiger partial charge on any atom is 0.423 e. The highest BCUT2D eigenvalue weighted by atomic mass is 16.7. The first-order valence-electron chi connectivity index (χ1n) is 12.3. The van der Waals surface area contributed by atoms with Crippen molar-refractivity contribution in [1.82, 2.24) is 15.5 Å². The Labute approximate surface area is 234 Å². The number of hydrogen-bond donors (Lipinski definition) is 5. The van der Waals surface area contributed by atoms with Gasteiger partial charge in [-0.3, -0.25) is 19.8 Å². The molecule has 6 N–H and O–H groups in total. The van der Waals surface area contributed by atoms with Crippen LogP contribution in [0, 0.1) is 19.3 Å². The van der Waals surface area contributed by atoms with E-state index in [0.29, 0.717) is 24.0 Å². The molecule has 0 saturated carbocycles. The summed E-state index contributed by atoms with van der Waals surface area (Å²) in [6.07, 6.45) is 2.38. The monoisotopic (exact) mass is 566 g/mol. The zero-order valence-electron chi connectivity index (χ0n) is 22.8. The average Bonchev–Trinajstić information content (AvgIpc) is 3.58. The van der Waals surface area contributed by atoms with Crippen LogP contribution in [-0.4, -0.2) is 65.6 Å². The minimum atomic E-state index is -1.06. The summed E-state index contributed by atoms with van der Waals surface area (Å²) in [6, 6.07) is 5.03. The molecule has 3 aromatic rings. The fourth-order valence-corrected chi connectivity index (χ4v) is 3.60. The first-order chi connectivity index (χ1) is 19.6. The van der Waals surface area contributed by atoms with Crippen molar-refractivity contribution in [1.29, 1.82) is 5.41 Å². The van der Waals surface area contributed by atoms with E-state index in [4.69, 9.17) is 25.1 Å². The number of rotatable bonds is 10. The molecule has 1 unspecified atom stereocenters. The number of amidine groups is 1. The van der Waals surface area contributed by atoms with Crippen molar-refractivity contribution in [2.45, 2.75) is 33.7 Å². The fourth-order valence-electron chi connectivity index (χ4n) is 3.60. The molecule has 0 spiro atoms. The van der Waals surface area contributed by atoms with E-state index >= 15 is 0 Å². The smallest absolute Gasteiger partial charge is 0.423 e. The molecule has 0 aliphatic rings. The van der Waals surface area contributed by atoms with Gasteiger partial charge in [-0.25, -0.2) is 14.7 Å². The highest BCUT2D eigenvalue weighted by molar-refractivity contribution is 6.24. The Morgan fingerprint density at radius 1 is 1.22 bits per heavy atom. The van der Waals surface area contributed by atoms with E-state index in [1.54, 1.807) is 26.8 Å². The SMILES string of the molecule is CCNC(=O)c1c[nH]c(C(=NC=N)N(C(=O)OCOC(=O)C(C)N)c2cc(C(=O)Nc3ccon3)ccc2C)c1C. The van der Waals surface area contributed by atoms with Crippen molar-refractivity contribution in [3.63, 3.8) is 0 Å². The molecule has 216 valence electrons. The van der Waals surface area contributed by atoms with E-state index in [1.807, 2.05) is 0 Å². The number of ether oxygens (including phenoxy) is 2. The second-order valence-electron chi connectivity index (χ2n) is 8.60. The van der Waals surface area contributed by atoms with Crippen molar-refractivity contribution < 1.29 is 33.2 Å². The van der Waals surface area contributed by atoms with Gasteiger partial charge in [0.1, 0.15) is 18.6 Å². The number of aryl methyl sites for hydroxylation is 1. The normalized spacial score (nSPS) is 11.8. The Morgan fingerprint density at radius 2 is 1.98 bits per heavy atom. The largest absolute Gasteiger partial charge is 0.427 e. The molecule has 15 nitrogen and oxygen atoms in total. The second kappa shape index (κ2) is 13.7. The van der Waals surface area contributed by atoms with Crippen molar-refractivity contribution in [3.8, 4) is 0 Å². The minimum Gasteiger partial charge on any atom is -0.427 e. The number of aromatic amines is 1. The van der Waals surface area contributed by atoms with E-state index < -0.39 is 30.8 Å². The van der Waals surface area contributed by atoms with Crippen LogP contribution in [0.1, 0.15) is 51.4 Å². The number of benzene rings is 1. The maximum atomic E-state index is 13.5. The average molecular weight is 567 g/mol. The number of anilines is 2. The number of aromatic nitrogens is 2. The summed E-state index contributed by atoms with van der Waals surface area (Å²) in [6.45, 7) is 6.11. The van der Waals surface area contributed by atoms with Gasteiger partial charge in [-0.2, -0.15) is 0 Å². The molecule has 3 amide bonds. The third-order valence-electron chi connectivity index (χ3n) is 5.67. The first-order valence-corrected chi connectivity index (χ1v) is 12.3. The third kappa shape index (κ3) is 7.21. The van der Waals surface area contributed by atoms with Crippen molar-refractivity contribution >= 4 is 47.6 Å². The number of nitrogens with one attached hydrogen (secondary N) is 4. The molecule has 0 bridgehead atoms. The van der Waals surface area contributed by atoms with Crippen molar-refractivity contribution in [3.05, 3.63) is 64.7 Å². The fraction of sp³-hybridized carbons (Fsp3) is 0.269. The molecule has 0 aliphatic heterocycles. The lowest BCUT2D eigenvalue weighted by Crippen LogP contribution is -2.40. The lowest BCUT2D eigenvalue weighted by molar-refractivity contribution is -0.152. The summed E-state index contributed by atoms with van der Waals surface area (Å²) in [5.74, 6) is -1.67. The first kappa shape index (κ1) is 30.2. The van der Waals surface area contributed by atoms with E-state index in [1.165, 1.54) is 37.6 Å². The van der Waals surface area contributed by atoms with Gasteiger partial charge in [-0.1, -0.05) is 11.2 Å². The van der Waals surface area contributed by atoms with Crippen LogP contribution in [0.25, 0.3) is 0 Å². The number of H-pyrrole nitrogens is 1. The Balaban J connectivity index is 2.09. The summed E-state index contributed by atoms with van der Waals surface area (Å²) in [7, 11) is 0. The number of amides is 3. The molecule has 0 fully saturated rings. The van der Waals surface area contributed by atoms with Gasteiger partial charge in [-0.15, -0.1) is 0 Å². The molecular formula is C26H30N8O7. The molecule has 1 atom stereocenters. The number of nitrogens with zero attached hydrogens (tertiary/aromatic N) is 3. The molecule has 15 heteroatoms. The Hall–Kier alpha value is -5.31. The van der Waals surface area contributed by atoms with Gasteiger partial charge in [0, 0.05) is 24.4 Å². The van der Waals surface area contributed by atoms with Crippen LogP contribution in [0.3, 0.4) is 0 Å². The van der Waals surface area contributed by atoms with Gasteiger partial charge >= 0.3 is 12.1 Å². The topological polar surface area (TPSA) is 218 Å². The third-order valence-corrected chi connectivity index (χ3v) is 5.67. The van der Waals surface area contributed by atoms with Gasteiger partial charge in [0.15, 0.2) is 11.7 Å². The second-order valence-corrected chi connectivity index (χ2v) is 8.60. The number of hydrogen-bond acceptors (Lipinski definition) is 10. The van der Waals surface area contributed by atoms with Crippen LogP contribution in [0.2, 0.25) is 0 Å². The van der Waals surface area contributed by atoms with E-state index in [0.717, 1.165) is 4.90 Å². The predicted molar refractivity (Wildman–Crippen MR) is 148 cm³/mol. The van der Waals surface area contributed by atoms with Crippen LogP contribution in [0.4, 0.5) is 16.3 Å². The number of nitrogens with two attached hydrogens (primary N) is 1. The van der Waals surface area contributed by atoms with Gasteiger partial charge in [0.2, 0.25) is 6.79 Å². The van der Waals surface area contributed by atoms with Gasteiger partial charge in [-0.05, 0) is 51.0 Å². The predicted octanol–water partition coefficient (Wildman–Crippen LogP) is 2.47. The molecule has 2 aromatic heterocycles. The van der Waals surface area contributed by atoms with Crippen LogP contribution >= 0.6 is 0 Å². The summed E-state index contributed by atoms with van der Waals surface area (Å²) < 4.78 is 14.8. The van der Waals surface area contributed by atoms with Gasteiger partial charge < -0.3 is 35.3 Å². The van der Waals surface area contributed by atoms with E-state index in [9.17, 15) is 19.2 Å². The molecule has 0 radical (unpaired) electrons. The van der Waals surface area contributed by atoms with E-state index in [2.05, 4.69) is 25.8 Å². The van der Waals surface area contributed by atoms with Crippen molar-refractivity contribution in [2.24, 2.45) is 10.7 Å². The quantitative estimate of drug-likeness (QED) is 0.105. The summed E-state index contributed by atoms with van der Waals surface area (Å²) in [5.41, 5.74) is 7.22. The molecule has 1 aromatic carbocycles. The molecule has 0 saturated heterocycles. The summed E-state index contributed by atoms with van der Waals surface area (Å²) in [4.78, 5) is 58.8. The zero-order chi connectivity index (χ0) is 30.1. The number of esters is 1.